The molecule has 4 atom stereocenters. The second-order valence-corrected chi connectivity index (χ2v) is 10.5. The third kappa shape index (κ3) is 6.76. The fraction of sp³-hybridized carbons (Fsp3) is 0.448. The van der Waals surface area contributed by atoms with E-state index in [1.54, 1.807) is 0 Å². The van der Waals surface area contributed by atoms with E-state index in [1.165, 1.54) is 13.2 Å². The first kappa shape index (κ1) is 31.8. The fourth-order valence-corrected chi connectivity index (χ4v) is 5.75. The predicted molar refractivity (Wildman–Crippen MR) is 151 cm³/mol. The van der Waals surface area contributed by atoms with Gasteiger partial charge in [-0.1, -0.05) is 30.4 Å². The molecule has 43 heavy (non-hydrogen) atoms. The number of rotatable bonds is 10. The van der Waals surface area contributed by atoms with Crippen LogP contribution in [-0.4, -0.2) is 81.4 Å². The van der Waals surface area contributed by atoms with E-state index < -0.39 is 47.0 Å². The molecule has 3 aliphatic rings. The zero-order valence-electron chi connectivity index (χ0n) is 24.0. The number of primary amides is 1. The van der Waals surface area contributed by atoms with Crippen molar-refractivity contribution in [3.8, 4) is 0 Å². The monoisotopic (exact) mass is 602 g/mol. The predicted octanol–water partition coefficient (Wildman–Crippen LogP) is 1.51. The zero-order valence-corrected chi connectivity index (χ0v) is 24.0. The van der Waals surface area contributed by atoms with Gasteiger partial charge in [-0.15, -0.1) is 0 Å². The number of imide groups is 1. The van der Waals surface area contributed by atoms with Crippen LogP contribution in [-0.2, 0) is 19.1 Å². The molecule has 0 aromatic heterocycles. The first-order valence-electron chi connectivity index (χ1n) is 13.9. The van der Waals surface area contributed by atoms with E-state index in [-0.39, 0.29) is 42.1 Å². The number of amides is 5. The quantitative estimate of drug-likeness (QED) is 0.199. The minimum absolute atomic E-state index is 0.0215. The summed E-state index contributed by atoms with van der Waals surface area (Å²) in [6, 6.07) is -0.506. The molecule has 1 fully saturated rings. The Labute approximate surface area is 247 Å². The molecule has 5 amide bonds. The first-order chi connectivity index (χ1) is 20.6. The minimum Gasteiger partial charge on any atom is -0.466 e. The van der Waals surface area contributed by atoms with Crippen molar-refractivity contribution in [1.82, 2.24) is 26.2 Å². The lowest BCUT2D eigenvalue weighted by Crippen LogP contribution is -2.58. The van der Waals surface area contributed by atoms with Gasteiger partial charge in [-0.05, 0) is 43.5 Å². The van der Waals surface area contributed by atoms with Crippen LogP contribution in [0.1, 0.15) is 30.9 Å². The van der Waals surface area contributed by atoms with Gasteiger partial charge in [-0.3, -0.25) is 4.79 Å². The maximum Gasteiger partial charge on any atom is 0.338 e. The molecule has 0 radical (unpaired) electrons. The Morgan fingerprint density at radius 1 is 1.16 bits per heavy atom. The van der Waals surface area contributed by atoms with Crippen molar-refractivity contribution >= 4 is 23.9 Å². The maximum atomic E-state index is 14.3. The average molecular weight is 603 g/mol. The van der Waals surface area contributed by atoms with Gasteiger partial charge in [-0.2, -0.15) is 0 Å². The summed E-state index contributed by atoms with van der Waals surface area (Å²) in [6.07, 6.45) is 9.37. The maximum absolute atomic E-state index is 14.3. The number of benzene rings is 1. The van der Waals surface area contributed by atoms with Crippen molar-refractivity contribution in [1.29, 1.82) is 0 Å². The van der Waals surface area contributed by atoms with Gasteiger partial charge in [0.05, 0.1) is 30.4 Å². The Bertz CT molecular complexity index is 1350. The number of piperidine rings is 1. The summed E-state index contributed by atoms with van der Waals surface area (Å²) < 4.78 is 38.0. The number of allylic oxidation sites excluding steroid dienone is 3. The number of nitrogens with zero attached hydrogens (tertiary/aromatic N) is 1. The van der Waals surface area contributed by atoms with Gasteiger partial charge in [0.2, 0.25) is 5.91 Å². The number of carbonyl (C=O) groups excluding carboxylic acids is 4. The molecule has 12 nitrogen and oxygen atoms in total. The highest BCUT2D eigenvalue weighted by atomic mass is 19.2. The molecule has 1 aromatic rings. The van der Waals surface area contributed by atoms with Crippen molar-refractivity contribution in [3.63, 3.8) is 0 Å². The smallest absolute Gasteiger partial charge is 0.338 e. The molecular formula is C29H36F2N6O6. The second-order valence-electron chi connectivity index (χ2n) is 10.5. The summed E-state index contributed by atoms with van der Waals surface area (Å²) in [7, 11) is 2.46. The van der Waals surface area contributed by atoms with Gasteiger partial charge in [0.1, 0.15) is 6.04 Å². The highest BCUT2D eigenvalue weighted by Crippen LogP contribution is 2.36. The van der Waals surface area contributed by atoms with Gasteiger partial charge in [0.15, 0.2) is 11.6 Å². The molecule has 0 saturated carbocycles. The average Bonchev–Trinajstić information content (AvgIpc) is 3.00. The zero-order chi connectivity index (χ0) is 31.1. The van der Waals surface area contributed by atoms with Crippen LogP contribution in [0.15, 0.2) is 53.8 Å². The van der Waals surface area contributed by atoms with Crippen LogP contribution in [0.5, 0.6) is 0 Å². The number of carbonyl (C=O) groups is 4. The number of methoxy groups -OCH3 is 2. The largest absolute Gasteiger partial charge is 0.466 e. The molecule has 2 aliphatic heterocycles. The lowest BCUT2D eigenvalue weighted by Gasteiger charge is -2.42. The molecule has 14 heteroatoms. The van der Waals surface area contributed by atoms with Gasteiger partial charge >= 0.3 is 18.0 Å². The number of nitrogens with one attached hydrogen (secondary N) is 4. The number of hydrogen-bond acceptors (Lipinski definition) is 8. The van der Waals surface area contributed by atoms with E-state index in [1.807, 2.05) is 24.3 Å². The number of halogens is 2. The van der Waals surface area contributed by atoms with E-state index in [0.717, 1.165) is 30.6 Å². The molecule has 6 N–H and O–H groups in total. The van der Waals surface area contributed by atoms with Crippen molar-refractivity contribution in [2.75, 3.05) is 40.5 Å². The van der Waals surface area contributed by atoms with Crippen LogP contribution in [0.3, 0.4) is 0 Å². The minimum atomic E-state index is -1.43. The van der Waals surface area contributed by atoms with Gasteiger partial charge in [0.25, 0.3) is 0 Å². The molecule has 0 spiro atoms. The Morgan fingerprint density at radius 3 is 2.60 bits per heavy atom. The SMILES string of the molecule is COCC1=C(C(=O)OC)[C@H](c2ccc(F)c(F)c2)N(C(=O)NCCNC2CCNC(C3(C(N)=O)C=CC=CC3)C2)C(=O)N1. The summed E-state index contributed by atoms with van der Waals surface area (Å²) in [5, 5.41) is 11.9. The van der Waals surface area contributed by atoms with Crippen molar-refractivity contribution in [3.05, 3.63) is 71.0 Å². The molecule has 1 saturated heterocycles. The molecule has 232 valence electrons. The summed E-state index contributed by atoms with van der Waals surface area (Å²) in [6.45, 7) is 0.865. The second kappa shape index (κ2) is 13.9. The van der Waals surface area contributed by atoms with Crippen LogP contribution in [0.2, 0.25) is 0 Å². The third-order valence-electron chi connectivity index (χ3n) is 7.92. The van der Waals surface area contributed by atoms with Crippen LogP contribution < -0.4 is 27.0 Å². The Kier molecular flexibility index (Phi) is 10.3. The number of urea groups is 2. The van der Waals surface area contributed by atoms with Crippen LogP contribution in [0.4, 0.5) is 18.4 Å². The molecule has 0 bridgehead atoms. The molecular weight excluding hydrogens is 566 g/mol. The third-order valence-corrected chi connectivity index (χ3v) is 7.92. The van der Waals surface area contributed by atoms with E-state index in [2.05, 4.69) is 21.3 Å². The summed E-state index contributed by atoms with van der Waals surface area (Å²) >= 11 is 0. The number of esters is 1. The lowest BCUT2D eigenvalue weighted by molar-refractivity contribution is -0.137. The highest BCUT2D eigenvalue weighted by Gasteiger charge is 2.45. The molecule has 4 rings (SSSR count). The van der Waals surface area contributed by atoms with Gasteiger partial charge in [0, 0.05) is 32.3 Å². The summed E-state index contributed by atoms with van der Waals surface area (Å²) in [5.74, 6) is -3.64. The Balaban J connectivity index is 1.46. The Hall–Kier alpha value is -4.14. The topological polar surface area (TPSA) is 164 Å². The number of nitrogens with two attached hydrogens (primary N) is 1. The van der Waals surface area contributed by atoms with Gasteiger partial charge in [-0.25, -0.2) is 28.1 Å². The van der Waals surface area contributed by atoms with Crippen LogP contribution >= 0.6 is 0 Å². The van der Waals surface area contributed by atoms with E-state index >= 15 is 0 Å². The lowest BCUT2D eigenvalue weighted by atomic mass is 9.71. The molecule has 2 heterocycles. The molecule has 3 unspecified atom stereocenters. The van der Waals surface area contributed by atoms with Crippen LogP contribution in [0, 0.1) is 17.0 Å². The van der Waals surface area contributed by atoms with Crippen molar-refractivity contribution < 1.29 is 37.4 Å². The molecule has 1 aromatic carbocycles. The van der Waals surface area contributed by atoms with Crippen molar-refractivity contribution in [2.24, 2.45) is 11.1 Å². The fourth-order valence-electron chi connectivity index (χ4n) is 5.75. The highest BCUT2D eigenvalue weighted by molar-refractivity contribution is 6.01. The Morgan fingerprint density at radius 2 is 1.95 bits per heavy atom. The number of hydrogen-bond donors (Lipinski definition) is 5. The van der Waals surface area contributed by atoms with E-state index in [9.17, 15) is 28.0 Å². The summed E-state index contributed by atoms with van der Waals surface area (Å²) in [5.41, 5.74) is 4.81. The van der Waals surface area contributed by atoms with Crippen LogP contribution in [0.25, 0.3) is 0 Å². The van der Waals surface area contributed by atoms with Gasteiger partial charge < -0.3 is 36.5 Å². The van der Waals surface area contributed by atoms with E-state index in [0.29, 0.717) is 25.9 Å². The standard InChI is InChI=1S/C29H36F2N6O6/c1-42-16-21-23(25(38)43-2)24(17-6-7-19(30)20(31)14-17)37(28(41)36-21)27(40)35-13-12-33-18-8-11-34-22(15-18)29(26(32)39)9-4-3-5-10-29/h3-7,9,14,18,22,24,33-34H,8,10-13,15-16H2,1-2H3,(H2,32,39)(H,35,40)(H,36,41)/t18?,22?,24-,29?/m0/s1. The first-order valence-corrected chi connectivity index (χ1v) is 13.9. The van der Waals surface area contributed by atoms with Crippen molar-refractivity contribution in [2.45, 2.75) is 37.4 Å². The van der Waals surface area contributed by atoms with E-state index in [4.69, 9.17) is 15.2 Å². The normalized spacial score (nSPS) is 25.3. The summed E-state index contributed by atoms with van der Waals surface area (Å²) in [4.78, 5) is 52.5. The number of ether oxygens (including phenoxy) is 2. The molecule has 1 aliphatic carbocycles.